The maximum atomic E-state index is 12.0. The van der Waals surface area contributed by atoms with E-state index in [2.05, 4.69) is 5.32 Å². The molecule has 0 heterocycles. The molecule has 0 aromatic heterocycles. The van der Waals surface area contributed by atoms with Gasteiger partial charge in [-0.15, -0.1) is 0 Å². The summed E-state index contributed by atoms with van der Waals surface area (Å²) in [6, 6.07) is 8.49. The zero-order valence-electron chi connectivity index (χ0n) is 11.7. The van der Waals surface area contributed by atoms with Crippen LogP contribution in [0, 0.1) is 0 Å². The second-order valence-electron chi connectivity index (χ2n) is 5.08. The first-order chi connectivity index (χ1) is 9.19. The Morgan fingerprint density at radius 2 is 2.26 bits per heavy atom. The molecular formula is C15H22N2O2. The molecule has 1 saturated carbocycles. The van der Waals surface area contributed by atoms with Gasteiger partial charge in [-0.05, 0) is 30.5 Å². The number of hydrogen-bond donors (Lipinski definition) is 1. The summed E-state index contributed by atoms with van der Waals surface area (Å²) in [6.45, 7) is 1.41. The van der Waals surface area contributed by atoms with Crippen LogP contribution in [0.5, 0.6) is 5.75 Å². The van der Waals surface area contributed by atoms with Gasteiger partial charge in [0, 0.05) is 32.6 Å². The maximum Gasteiger partial charge on any atom is 0.223 e. The fourth-order valence-electron chi connectivity index (χ4n) is 1.99. The van der Waals surface area contributed by atoms with Crippen LogP contribution in [0.3, 0.4) is 0 Å². The van der Waals surface area contributed by atoms with Crippen LogP contribution in [0.2, 0.25) is 0 Å². The van der Waals surface area contributed by atoms with Gasteiger partial charge in [-0.1, -0.05) is 12.1 Å². The van der Waals surface area contributed by atoms with Crippen molar-refractivity contribution in [3.8, 4) is 5.75 Å². The average Bonchev–Trinajstić information content (AvgIpc) is 3.23. The molecule has 104 valence electrons. The number of methoxy groups -OCH3 is 1. The summed E-state index contributed by atoms with van der Waals surface area (Å²) < 4.78 is 5.18. The number of nitrogens with one attached hydrogen (secondary N) is 1. The summed E-state index contributed by atoms with van der Waals surface area (Å²) in [4.78, 5) is 13.7. The third-order valence-electron chi connectivity index (χ3n) is 3.33. The topological polar surface area (TPSA) is 41.6 Å². The lowest BCUT2D eigenvalue weighted by Gasteiger charge is -2.17. The van der Waals surface area contributed by atoms with Crippen LogP contribution in [0.25, 0.3) is 0 Å². The molecule has 4 heteroatoms. The molecule has 0 radical (unpaired) electrons. The minimum absolute atomic E-state index is 0.177. The highest BCUT2D eigenvalue weighted by Crippen LogP contribution is 2.18. The summed E-state index contributed by atoms with van der Waals surface area (Å²) in [5.41, 5.74) is 1.09. The monoisotopic (exact) mass is 262 g/mol. The normalized spacial score (nSPS) is 14.2. The third kappa shape index (κ3) is 4.56. The molecule has 1 N–H and O–H groups in total. The van der Waals surface area contributed by atoms with E-state index in [-0.39, 0.29) is 5.91 Å². The first-order valence-electron chi connectivity index (χ1n) is 6.79. The van der Waals surface area contributed by atoms with Gasteiger partial charge in [-0.2, -0.15) is 0 Å². The molecule has 4 nitrogen and oxygen atoms in total. The highest BCUT2D eigenvalue weighted by atomic mass is 16.5. The molecule has 0 atom stereocenters. The van der Waals surface area contributed by atoms with E-state index >= 15 is 0 Å². The van der Waals surface area contributed by atoms with Gasteiger partial charge in [-0.3, -0.25) is 4.79 Å². The van der Waals surface area contributed by atoms with Gasteiger partial charge in [-0.25, -0.2) is 0 Å². The summed E-state index contributed by atoms with van der Waals surface area (Å²) in [7, 11) is 3.50. The maximum absolute atomic E-state index is 12.0. The Morgan fingerprint density at radius 1 is 1.47 bits per heavy atom. The van der Waals surface area contributed by atoms with Crippen molar-refractivity contribution in [2.75, 3.05) is 20.7 Å². The minimum Gasteiger partial charge on any atom is -0.497 e. The first kappa shape index (κ1) is 13.9. The van der Waals surface area contributed by atoms with E-state index in [1.54, 1.807) is 12.0 Å². The van der Waals surface area contributed by atoms with Crippen molar-refractivity contribution < 1.29 is 9.53 Å². The first-order valence-corrected chi connectivity index (χ1v) is 6.79. The number of amides is 1. The fourth-order valence-corrected chi connectivity index (χ4v) is 1.99. The Kier molecular flexibility index (Phi) is 4.80. The second kappa shape index (κ2) is 6.57. The van der Waals surface area contributed by atoms with Crippen molar-refractivity contribution in [2.45, 2.75) is 31.8 Å². The largest absolute Gasteiger partial charge is 0.497 e. The minimum atomic E-state index is 0.177. The molecule has 0 aliphatic heterocycles. The van der Waals surface area contributed by atoms with Crippen molar-refractivity contribution in [1.29, 1.82) is 0 Å². The Morgan fingerprint density at radius 3 is 2.95 bits per heavy atom. The molecule has 1 fully saturated rings. The number of benzene rings is 1. The van der Waals surface area contributed by atoms with E-state index in [4.69, 9.17) is 4.74 Å². The van der Waals surface area contributed by atoms with E-state index < -0.39 is 0 Å². The molecule has 1 amide bonds. The van der Waals surface area contributed by atoms with Crippen LogP contribution in [0.15, 0.2) is 24.3 Å². The number of hydrogen-bond acceptors (Lipinski definition) is 3. The SMILES string of the molecule is COc1cccc(CN(C)C(=O)CCNC2CC2)c1. The van der Waals surface area contributed by atoms with Crippen LogP contribution in [-0.4, -0.2) is 37.6 Å². The number of carbonyl (C=O) groups is 1. The van der Waals surface area contributed by atoms with E-state index in [1.807, 2.05) is 31.3 Å². The highest BCUT2D eigenvalue weighted by molar-refractivity contribution is 5.76. The predicted molar refractivity (Wildman–Crippen MR) is 75.1 cm³/mol. The van der Waals surface area contributed by atoms with Crippen LogP contribution in [0.4, 0.5) is 0 Å². The van der Waals surface area contributed by atoms with Gasteiger partial charge in [0.2, 0.25) is 5.91 Å². The van der Waals surface area contributed by atoms with E-state index in [0.29, 0.717) is 19.0 Å². The van der Waals surface area contributed by atoms with E-state index in [9.17, 15) is 4.79 Å². The molecule has 1 aliphatic rings. The van der Waals surface area contributed by atoms with Gasteiger partial charge >= 0.3 is 0 Å². The van der Waals surface area contributed by atoms with E-state index in [1.165, 1.54) is 12.8 Å². The molecule has 1 aromatic rings. The quantitative estimate of drug-likeness (QED) is 0.814. The molecule has 1 aliphatic carbocycles. The standard InChI is InChI=1S/C15H22N2O2/c1-17(15(18)8-9-16-13-6-7-13)11-12-4-3-5-14(10-12)19-2/h3-5,10,13,16H,6-9,11H2,1-2H3. The Labute approximate surface area is 114 Å². The molecule has 1 aromatic carbocycles. The summed E-state index contributed by atoms with van der Waals surface area (Å²) in [5.74, 6) is 1.00. The highest BCUT2D eigenvalue weighted by Gasteiger charge is 2.20. The molecule has 19 heavy (non-hydrogen) atoms. The third-order valence-corrected chi connectivity index (χ3v) is 3.33. The van der Waals surface area contributed by atoms with Gasteiger partial charge in [0.05, 0.1) is 7.11 Å². The van der Waals surface area contributed by atoms with Gasteiger partial charge in [0.15, 0.2) is 0 Å². The van der Waals surface area contributed by atoms with Crippen molar-refractivity contribution in [1.82, 2.24) is 10.2 Å². The number of nitrogens with zero attached hydrogens (tertiary/aromatic N) is 1. The zero-order valence-corrected chi connectivity index (χ0v) is 11.7. The Balaban J connectivity index is 1.77. The second-order valence-corrected chi connectivity index (χ2v) is 5.08. The summed E-state index contributed by atoms with van der Waals surface area (Å²) >= 11 is 0. The molecular weight excluding hydrogens is 240 g/mol. The molecule has 0 saturated heterocycles. The van der Waals surface area contributed by atoms with Gasteiger partial charge in [0.25, 0.3) is 0 Å². The lowest BCUT2D eigenvalue weighted by atomic mass is 10.2. The number of ether oxygens (including phenoxy) is 1. The summed E-state index contributed by atoms with van der Waals surface area (Å²) in [6.07, 6.45) is 3.08. The fraction of sp³-hybridized carbons (Fsp3) is 0.533. The Bertz CT molecular complexity index is 430. The number of rotatable bonds is 7. The van der Waals surface area contributed by atoms with Gasteiger partial charge < -0.3 is 15.0 Å². The lowest BCUT2D eigenvalue weighted by Crippen LogP contribution is -2.30. The van der Waals surface area contributed by atoms with E-state index in [0.717, 1.165) is 17.9 Å². The van der Waals surface area contributed by atoms with Crippen LogP contribution < -0.4 is 10.1 Å². The van der Waals surface area contributed by atoms with Gasteiger partial charge in [0.1, 0.15) is 5.75 Å². The molecule has 2 rings (SSSR count). The van der Waals surface area contributed by atoms with Crippen molar-refractivity contribution in [3.05, 3.63) is 29.8 Å². The molecule has 0 spiro atoms. The smallest absolute Gasteiger partial charge is 0.223 e. The Hall–Kier alpha value is -1.55. The summed E-state index contributed by atoms with van der Waals surface area (Å²) in [5, 5.41) is 3.36. The zero-order chi connectivity index (χ0) is 13.7. The number of carbonyl (C=O) groups excluding carboxylic acids is 1. The van der Waals surface area contributed by atoms with Crippen molar-refractivity contribution in [2.24, 2.45) is 0 Å². The van der Waals surface area contributed by atoms with Crippen LogP contribution >= 0.6 is 0 Å². The molecule has 0 unspecified atom stereocenters. The van der Waals surface area contributed by atoms with Crippen molar-refractivity contribution in [3.63, 3.8) is 0 Å². The predicted octanol–water partition coefficient (Wildman–Crippen LogP) is 1.80. The van der Waals surface area contributed by atoms with Crippen LogP contribution in [-0.2, 0) is 11.3 Å². The lowest BCUT2D eigenvalue weighted by molar-refractivity contribution is -0.130. The molecule has 0 bridgehead atoms. The van der Waals surface area contributed by atoms with Crippen molar-refractivity contribution >= 4 is 5.91 Å². The van der Waals surface area contributed by atoms with Crippen LogP contribution in [0.1, 0.15) is 24.8 Å². The average molecular weight is 262 g/mol.